The third-order valence-corrected chi connectivity index (χ3v) is 7.34. The summed E-state index contributed by atoms with van der Waals surface area (Å²) in [7, 11) is 0. The van der Waals surface area contributed by atoms with Crippen LogP contribution in [0.15, 0.2) is 138 Å². The molecule has 2 heterocycles. The van der Waals surface area contributed by atoms with Crippen LogP contribution in [-0.4, -0.2) is 62.6 Å². The summed E-state index contributed by atoms with van der Waals surface area (Å²) in [6.07, 6.45) is 0.607. The zero-order chi connectivity index (χ0) is 36.5. The van der Waals surface area contributed by atoms with Crippen molar-refractivity contribution in [1.29, 1.82) is 10.5 Å². The minimum atomic E-state index is -0.166. The van der Waals surface area contributed by atoms with Gasteiger partial charge in [0, 0.05) is 13.1 Å². The molecule has 0 unspecified atom stereocenters. The van der Waals surface area contributed by atoms with Crippen LogP contribution >= 0.6 is 0 Å². The first kappa shape index (κ1) is 35.4. The lowest BCUT2D eigenvalue weighted by Crippen LogP contribution is -2.21. The van der Waals surface area contributed by atoms with Crippen molar-refractivity contribution >= 4 is 45.8 Å². The minimum absolute atomic E-state index is 0.127. The average molecular weight is 709 g/mol. The molecular weight excluding hydrogens is 676 g/mol. The normalized spacial score (nSPS) is 18.1. The molecule has 0 aliphatic carbocycles. The Labute approximate surface area is 304 Å². The predicted molar refractivity (Wildman–Crippen MR) is 199 cm³/mol. The molecule has 264 valence electrons. The second-order valence-electron chi connectivity index (χ2n) is 11.0. The number of anilines is 2. The van der Waals surface area contributed by atoms with E-state index in [2.05, 4.69) is 41.5 Å². The van der Waals surface area contributed by atoms with Gasteiger partial charge in [0.2, 0.25) is 0 Å². The van der Waals surface area contributed by atoms with Crippen molar-refractivity contribution in [3.63, 3.8) is 0 Å². The molecule has 2 N–H and O–H groups in total. The molecule has 0 amide bonds. The van der Waals surface area contributed by atoms with E-state index in [0.717, 1.165) is 0 Å². The molecule has 0 bridgehead atoms. The third kappa shape index (κ3) is 10.3. The maximum absolute atomic E-state index is 9.50. The van der Waals surface area contributed by atoms with E-state index in [1.807, 2.05) is 48.5 Å². The predicted octanol–water partition coefficient (Wildman–Crippen LogP) is 7.27. The molecule has 4 aromatic rings. The second-order valence-corrected chi connectivity index (χ2v) is 11.0. The lowest BCUT2D eigenvalue weighted by Gasteiger charge is -2.15. The summed E-state index contributed by atoms with van der Waals surface area (Å²) >= 11 is 0. The molecule has 0 radical (unpaired) electrons. The summed E-state index contributed by atoms with van der Waals surface area (Å²) in [4.78, 5) is 9.61. The van der Waals surface area contributed by atoms with Crippen LogP contribution in [0.25, 0.3) is 0 Å². The Morgan fingerprint density at radius 1 is 0.509 bits per heavy atom. The van der Waals surface area contributed by atoms with E-state index in [9.17, 15) is 10.5 Å². The summed E-state index contributed by atoms with van der Waals surface area (Å²) in [5, 5.41) is 43.5. The molecular formula is C37H32N12O4. The molecule has 16 heteroatoms. The van der Waals surface area contributed by atoms with E-state index in [4.69, 9.17) is 28.9 Å². The van der Waals surface area contributed by atoms with Gasteiger partial charge in [0.25, 0.3) is 11.7 Å². The second kappa shape index (κ2) is 18.5. The van der Waals surface area contributed by atoms with Gasteiger partial charge in [-0.2, -0.15) is 10.5 Å². The van der Waals surface area contributed by atoms with E-state index < -0.39 is 0 Å². The van der Waals surface area contributed by atoms with Crippen molar-refractivity contribution in [3.05, 3.63) is 97.1 Å². The molecule has 16 nitrogen and oxygen atoms in total. The largest absolute Gasteiger partial charge is 0.485 e. The number of para-hydroxylation sites is 6. The monoisotopic (exact) mass is 708 g/mol. The summed E-state index contributed by atoms with van der Waals surface area (Å²) in [5.74, 6) is 1.61. The van der Waals surface area contributed by atoms with Gasteiger partial charge in [-0.3, -0.25) is 20.8 Å². The number of nitrogens with one attached hydrogen (secondary N) is 2. The highest BCUT2D eigenvalue weighted by Crippen LogP contribution is 2.30. The highest BCUT2D eigenvalue weighted by Gasteiger charge is 2.13. The Morgan fingerprint density at radius 3 is 1.32 bits per heavy atom. The molecule has 53 heavy (non-hydrogen) atoms. The van der Waals surface area contributed by atoms with E-state index in [-0.39, 0.29) is 38.1 Å². The molecule has 0 saturated carbocycles. The standard InChI is InChI=1S/C37H32N12O4/c38-20-36-46-42-28-10-1-5-14-32(28)50-22-26(23-51-33-15-6-2-11-29(33)43-47-36)40-18-9-19-41-27-24-52-34-16-7-3-12-30(34)44-48-37(21-39)49-45-31-13-4-8-17-35(31)53-25-27/h1-8,10-17,42,44H,9,18-19,22-25H2/b40-26?,41-27?,46-36-,47-43?,48-37+,49-45?. The molecule has 2 aliphatic rings. The van der Waals surface area contributed by atoms with Crippen LogP contribution in [-0.2, 0) is 0 Å². The Bertz CT molecular complexity index is 2030. The Morgan fingerprint density at radius 2 is 0.887 bits per heavy atom. The number of azo groups is 2. The van der Waals surface area contributed by atoms with Crippen LogP contribution in [0.5, 0.6) is 23.0 Å². The fourth-order valence-corrected chi connectivity index (χ4v) is 4.72. The van der Waals surface area contributed by atoms with Crippen molar-refractivity contribution in [1.82, 2.24) is 0 Å². The fraction of sp³-hybridized carbons (Fsp3) is 0.189. The maximum Gasteiger partial charge on any atom is 0.270 e. The van der Waals surface area contributed by atoms with Crippen LogP contribution in [0.1, 0.15) is 6.42 Å². The van der Waals surface area contributed by atoms with Gasteiger partial charge in [-0.15, -0.1) is 30.7 Å². The van der Waals surface area contributed by atoms with E-state index >= 15 is 0 Å². The van der Waals surface area contributed by atoms with E-state index in [1.54, 1.807) is 60.7 Å². The summed E-state index contributed by atoms with van der Waals surface area (Å²) in [6.45, 7) is 1.40. The van der Waals surface area contributed by atoms with Crippen molar-refractivity contribution in [2.24, 2.45) is 40.6 Å². The number of ether oxygens (including phenoxy) is 4. The first-order valence-corrected chi connectivity index (χ1v) is 16.4. The number of nitriles is 2. The number of fused-ring (bicyclic) bond motifs is 4. The zero-order valence-electron chi connectivity index (χ0n) is 28.3. The smallest absolute Gasteiger partial charge is 0.270 e. The lowest BCUT2D eigenvalue weighted by molar-refractivity contribution is 0.341. The van der Waals surface area contributed by atoms with Crippen LogP contribution in [0.2, 0.25) is 0 Å². The lowest BCUT2D eigenvalue weighted by atomic mass is 10.3. The summed E-state index contributed by atoms with van der Waals surface area (Å²) in [6, 6.07) is 32.4. The van der Waals surface area contributed by atoms with Crippen molar-refractivity contribution in [3.8, 4) is 35.1 Å². The summed E-state index contributed by atoms with van der Waals surface area (Å²) < 4.78 is 24.4. The average Bonchev–Trinajstić information content (AvgIpc) is 3.20. The van der Waals surface area contributed by atoms with Crippen molar-refractivity contribution < 1.29 is 18.9 Å². The molecule has 0 fully saturated rings. The van der Waals surface area contributed by atoms with E-state index in [0.29, 0.717) is 76.7 Å². The number of aliphatic imine (C=N–C) groups is 2. The van der Waals surface area contributed by atoms with Crippen LogP contribution in [0.3, 0.4) is 0 Å². The van der Waals surface area contributed by atoms with Crippen LogP contribution in [0, 0.1) is 22.7 Å². The number of hydrogen-bond acceptors (Lipinski definition) is 16. The number of hydrogen-bond donors (Lipinski definition) is 2. The highest BCUT2D eigenvalue weighted by atomic mass is 16.5. The third-order valence-electron chi connectivity index (χ3n) is 7.34. The Balaban J connectivity index is 1.17. The Kier molecular flexibility index (Phi) is 12.4. The zero-order valence-corrected chi connectivity index (χ0v) is 28.3. The van der Waals surface area contributed by atoms with Gasteiger partial charge in [0.15, 0.2) is 0 Å². The number of hydrazone groups is 2. The number of benzene rings is 4. The Hall–Kier alpha value is -7.46. The van der Waals surface area contributed by atoms with E-state index in [1.165, 1.54) is 0 Å². The van der Waals surface area contributed by atoms with Gasteiger partial charge < -0.3 is 18.9 Å². The van der Waals surface area contributed by atoms with Crippen LogP contribution < -0.4 is 29.8 Å². The van der Waals surface area contributed by atoms with Gasteiger partial charge in [-0.1, -0.05) is 48.5 Å². The molecule has 0 spiro atoms. The van der Waals surface area contributed by atoms with Crippen molar-refractivity contribution in [2.45, 2.75) is 6.42 Å². The van der Waals surface area contributed by atoms with Gasteiger partial charge in [-0.05, 0) is 55.0 Å². The number of amidine groups is 2. The maximum atomic E-state index is 9.50. The number of nitrogens with zero attached hydrogens (tertiary/aromatic N) is 10. The minimum Gasteiger partial charge on any atom is -0.485 e. The first-order valence-electron chi connectivity index (χ1n) is 16.4. The summed E-state index contributed by atoms with van der Waals surface area (Å²) in [5.41, 5.74) is 8.93. The molecule has 6 rings (SSSR count). The molecule has 0 atom stereocenters. The fourth-order valence-electron chi connectivity index (χ4n) is 4.72. The van der Waals surface area contributed by atoms with Gasteiger partial charge >= 0.3 is 0 Å². The van der Waals surface area contributed by atoms with Gasteiger partial charge in [-0.25, -0.2) is 0 Å². The molecule has 2 aliphatic heterocycles. The van der Waals surface area contributed by atoms with Crippen molar-refractivity contribution in [2.75, 3.05) is 50.4 Å². The quantitative estimate of drug-likeness (QED) is 0.206. The molecule has 0 aromatic heterocycles. The van der Waals surface area contributed by atoms with Gasteiger partial charge in [0.1, 0.15) is 72.9 Å². The topological polar surface area (TPSA) is 207 Å². The first-order chi connectivity index (χ1) is 26.2. The highest BCUT2D eigenvalue weighted by molar-refractivity contribution is 5.98. The van der Waals surface area contributed by atoms with Gasteiger partial charge in [0.05, 0.1) is 22.8 Å². The molecule has 4 aromatic carbocycles. The molecule has 0 saturated heterocycles. The van der Waals surface area contributed by atoms with Crippen LogP contribution in [0.4, 0.5) is 22.7 Å². The SMILES string of the molecule is N#C/C1=N/Nc2ccccc2OCC(=NCCCN=C2COc3ccccc3N=N/C(C#N)=N/Nc3ccccc3OC2)COc2ccccc2N=N1. The number of rotatable bonds is 4.